The van der Waals surface area contributed by atoms with E-state index in [1.165, 1.54) is 5.32 Å². The van der Waals surface area contributed by atoms with Gasteiger partial charge in [-0.25, -0.2) is 8.42 Å². The van der Waals surface area contributed by atoms with E-state index in [9.17, 15) is 35.2 Å². The molecule has 0 spiro atoms. The van der Waals surface area contributed by atoms with Crippen molar-refractivity contribution < 1.29 is 35.2 Å². The molecule has 0 rings (SSSR count). The molecule has 0 aromatic carbocycles. The molecule has 0 aliphatic carbocycles. The fourth-order valence-electron chi connectivity index (χ4n) is 0.590. The predicted molar refractivity (Wildman–Crippen MR) is 43.7 cm³/mol. The largest absolute Gasteiger partial charge is 0.463 e. The Kier molecular flexibility index (Phi) is 4.25. The fraction of sp³-hybridized carbons (Fsp3) is 0.833. The first-order chi connectivity index (χ1) is 6.88. The van der Waals surface area contributed by atoms with Crippen molar-refractivity contribution in [2.24, 2.45) is 0 Å². The molecule has 10 heteroatoms. The van der Waals surface area contributed by atoms with E-state index < -0.39 is 40.1 Å². The molecule has 0 saturated heterocycles. The number of carbonyl (C=O) groups is 1. The molecule has 0 aliphatic heterocycles. The van der Waals surface area contributed by atoms with Gasteiger partial charge in [0.15, 0.2) is 0 Å². The van der Waals surface area contributed by atoms with Gasteiger partial charge in [-0.1, -0.05) is 0 Å². The number of hydrogen-bond donors (Lipinski definition) is 1. The molecular weight excluding hydrogens is 261 g/mol. The van der Waals surface area contributed by atoms with E-state index >= 15 is 0 Å². The molecular formula is C6H8F5NO3S. The molecule has 0 aliphatic rings. The van der Waals surface area contributed by atoms with Gasteiger partial charge in [-0.3, -0.25) is 4.79 Å². The van der Waals surface area contributed by atoms with Crippen molar-refractivity contribution in [2.45, 2.75) is 12.1 Å². The lowest BCUT2D eigenvalue weighted by molar-refractivity contribution is -0.269. The van der Waals surface area contributed by atoms with Crippen molar-refractivity contribution in [1.82, 2.24) is 5.32 Å². The standard InChI is InChI=1S/C6H8F5NO3S/c1-16(14,15)3-2-12-4(13)5(7,8)6(9,10)11/h2-3H2,1H3,(H,12,13). The van der Waals surface area contributed by atoms with Gasteiger partial charge in [-0.15, -0.1) is 0 Å². The summed E-state index contributed by atoms with van der Waals surface area (Å²) in [5, 5.41) is 1.20. The van der Waals surface area contributed by atoms with Gasteiger partial charge in [-0.05, 0) is 0 Å². The highest BCUT2D eigenvalue weighted by atomic mass is 32.2. The van der Waals surface area contributed by atoms with Crippen LogP contribution in [0.25, 0.3) is 0 Å². The summed E-state index contributed by atoms with van der Waals surface area (Å²) in [5.74, 6) is -8.80. The lowest BCUT2D eigenvalue weighted by Gasteiger charge is -2.18. The predicted octanol–water partition coefficient (Wildman–Crippen LogP) is 0.345. The number of carbonyl (C=O) groups excluding carboxylic acids is 1. The molecule has 0 heterocycles. The van der Waals surface area contributed by atoms with Crippen molar-refractivity contribution in [3.8, 4) is 0 Å². The molecule has 0 atom stereocenters. The molecule has 1 amide bonds. The highest BCUT2D eigenvalue weighted by Gasteiger charge is 2.63. The smallest absolute Gasteiger partial charge is 0.350 e. The summed E-state index contributed by atoms with van der Waals surface area (Å²) in [6.07, 6.45) is -5.25. The van der Waals surface area contributed by atoms with Gasteiger partial charge in [-0.2, -0.15) is 22.0 Å². The molecule has 1 N–H and O–H groups in total. The molecule has 16 heavy (non-hydrogen) atoms. The van der Waals surface area contributed by atoms with Crippen LogP contribution in [0.1, 0.15) is 0 Å². The number of hydrogen-bond acceptors (Lipinski definition) is 3. The summed E-state index contributed by atoms with van der Waals surface area (Å²) >= 11 is 0. The molecule has 0 unspecified atom stereocenters. The van der Waals surface area contributed by atoms with Crippen molar-refractivity contribution >= 4 is 15.7 Å². The average Bonchev–Trinajstić information content (AvgIpc) is 1.99. The minimum Gasteiger partial charge on any atom is -0.350 e. The number of amides is 1. The van der Waals surface area contributed by atoms with E-state index in [0.717, 1.165) is 6.26 Å². The maximum Gasteiger partial charge on any atom is 0.463 e. The Morgan fingerprint density at radius 2 is 1.62 bits per heavy atom. The molecule has 96 valence electrons. The van der Waals surface area contributed by atoms with Gasteiger partial charge < -0.3 is 5.32 Å². The van der Waals surface area contributed by atoms with E-state index in [-0.39, 0.29) is 0 Å². The van der Waals surface area contributed by atoms with Crippen LogP contribution in [0, 0.1) is 0 Å². The average molecular weight is 269 g/mol. The van der Waals surface area contributed by atoms with Crippen LogP contribution in [0.5, 0.6) is 0 Å². The first kappa shape index (κ1) is 15.1. The van der Waals surface area contributed by atoms with Crippen molar-refractivity contribution in [2.75, 3.05) is 18.6 Å². The highest BCUT2D eigenvalue weighted by molar-refractivity contribution is 7.90. The monoisotopic (exact) mass is 269 g/mol. The van der Waals surface area contributed by atoms with Crippen LogP contribution < -0.4 is 5.32 Å². The second-order valence-electron chi connectivity index (χ2n) is 2.96. The van der Waals surface area contributed by atoms with E-state index in [1.807, 2.05) is 0 Å². The number of alkyl halides is 5. The number of nitrogens with one attached hydrogen (secondary N) is 1. The third-order valence-electron chi connectivity index (χ3n) is 1.40. The zero-order valence-electron chi connectivity index (χ0n) is 7.94. The van der Waals surface area contributed by atoms with Gasteiger partial charge in [0, 0.05) is 12.8 Å². The van der Waals surface area contributed by atoms with Crippen molar-refractivity contribution in [3.63, 3.8) is 0 Å². The summed E-state index contributed by atoms with van der Waals surface area (Å²) in [7, 11) is -3.54. The maximum absolute atomic E-state index is 12.3. The van der Waals surface area contributed by atoms with Crippen LogP contribution in [0.2, 0.25) is 0 Å². The van der Waals surface area contributed by atoms with Gasteiger partial charge in [0.2, 0.25) is 0 Å². The van der Waals surface area contributed by atoms with E-state index in [0.29, 0.717) is 0 Å². The second kappa shape index (κ2) is 4.52. The van der Waals surface area contributed by atoms with Crippen LogP contribution in [-0.4, -0.2) is 45.0 Å². The Hall–Kier alpha value is -0.930. The summed E-state index contributed by atoms with van der Waals surface area (Å²) < 4.78 is 80.4. The fourth-order valence-corrected chi connectivity index (χ4v) is 1.06. The van der Waals surface area contributed by atoms with Gasteiger partial charge in [0.25, 0.3) is 5.91 Å². The molecule has 0 aromatic rings. The first-order valence-electron chi connectivity index (χ1n) is 3.78. The molecule has 4 nitrogen and oxygen atoms in total. The molecule has 0 bridgehead atoms. The van der Waals surface area contributed by atoms with Crippen molar-refractivity contribution in [3.05, 3.63) is 0 Å². The molecule has 0 radical (unpaired) electrons. The van der Waals surface area contributed by atoms with Crippen LogP contribution in [0.4, 0.5) is 22.0 Å². The third kappa shape index (κ3) is 4.29. The number of sulfone groups is 1. The normalized spacial score (nSPS) is 13.6. The van der Waals surface area contributed by atoms with E-state index in [2.05, 4.69) is 0 Å². The lowest BCUT2D eigenvalue weighted by atomic mass is 10.3. The maximum atomic E-state index is 12.3. The van der Waals surface area contributed by atoms with Gasteiger partial charge >= 0.3 is 12.1 Å². The molecule has 0 saturated carbocycles. The van der Waals surface area contributed by atoms with Crippen LogP contribution in [-0.2, 0) is 14.6 Å². The molecule has 0 fully saturated rings. The van der Waals surface area contributed by atoms with Gasteiger partial charge in [0.05, 0.1) is 5.75 Å². The van der Waals surface area contributed by atoms with E-state index in [4.69, 9.17) is 0 Å². The lowest BCUT2D eigenvalue weighted by Crippen LogP contribution is -2.51. The number of halogens is 5. The first-order valence-corrected chi connectivity index (χ1v) is 5.84. The Morgan fingerprint density at radius 1 is 1.19 bits per heavy atom. The zero-order valence-corrected chi connectivity index (χ0v) is 8.75. The second-order valence-corrected chi connectivity index (χ2v) is 5.22. The SMILES string of the molecule is CS(=O)(=O)CCNC(=O)C(F)(F)C(F)(F)F. The molecule has 0 aromatic heterocycles. The summed E-state index contributed by atoms with van der Waals surface area (Å²) in [6.45, 7) is -0.802. The Morgan fingerprint density at radius 3 is 1.94 bits per heavy atom. The van der Waals surface area contributed by atoms with E-state index in [1.54, 1.807) is 0 Å². The highest BCUT2D eigenvalue weighted by Crippen LogP contribution is 2.35. The third-order valence-corrected chi connectivity index (χ3v) is 2.35. The van der Waals surface area contributed by atoms with Crippen LogP contribution in [0.15, 0.2) is 0 Å². The Labute approximate surface area is 87.7 Å². The minimum atomic E-state index is -6.00. The van der Waals surface area contributed by atoms with Crippen LogP contribution in [0.3, 0.4) is 0 Å². The minimum absolute atomic E-state index is 0.716. The summed E-state index contributed by atoms with van der Waals surface area (Å²) in [6, 6.07) is 0. The van der Waals surface area contributed by atoms with Crippen LogP contribution >= 0.6 is 0 Å². The van der Waals surface area contributed by atoms with Crippen molar-refractivity contribution in [1.29, 1.82) is 0 Å². The Balaban J connectivity index is 4.39. The zero-order chi connectivity index (χ0) is 13.2. The summed E-state index contributed by atoms with van der Waals surface area (Å²) in [5.41, 5.74) is 0. The number of rotatable bonds is 4. The Bertz CT molecular complexity index is 361. The topological polar surface area (TPSA) is 63.2 Å². The quantitative estimate of drug-likeness (QED) is 0.749. The van der Waals surface area contributed by atoms with Gasteiger partial charge in [0.1, 0.15) is 9.84 Å². The summed E-state index contributed by atoms with van der Waals surface area (Å²) in [4.78, 5) is 10.4.